The fraction of sp³-hybridized carbons (Fsp3) is 0.300. The summed E-state index contributed by atoms with van der Waals surface area (Å²) in [7, 11) is 0. The normalized spacial score (nSPS) is 24.7. The lowest BCUT2D eigenvalue weighted by molar-refractivity contribution is -0.142. The van der Waals surface area contributed by atoms with Crippen molar-refractivity contribution in [2.45, 2.75) is 18.4 Å². The summed E-state index contributed by atoms with van der Waals surface area (Å²) in [5, 5.41) is 8.98. The zero-order valence-electron chi connectivity index (χ0n) is 7.46. The van der Waals surface area contributed by atoms with E-state index in [2.05, 4.69) is 15.9 Å². The number of fused-ring (bicyclic) bond motifs is 1. The Balaban J connectivity index is 2.39. The molecule has 1 aromatic rings. The Morgan fingerprint density at radius 3 is 2.71 bits per heavy atom. The topological polar surface area (TPSA) is 63.3 Å². The summed E-state index contributed by atoms with van der Waals surface area (Å²) in [5.74, 6) is -0.926. The highest BCUT2D eigenvalue weighted by atomic mass is 79.9. The number of nitrogens with two attached hydrogens (primary N) is 1. The van der Waals surface area contributed by atoms with Gasteiger partial charge in [-0.15, -0.1) is 0 Å². The first kappa shape index (κ1) is 9.68. The van der Waals surface area contributed by atoms with Gasteiger partial charge in [-0.1, -0.05) is 22.0 Å². The minimum atomic E-state index is -1.11. The third-order valence-electron chi connectivity index (χ3n) is 2.61. The van der Waals surface area contributed by atoms with Crippen LogP contribution in [0.5, 0.6) is 0 Å². The number of aliphatic carboxylic acids is 1. The number of rotatable bonds is 1. The second kappa shape index (κ2) is 3.07. The van der Waals surface area contributed by atoms with Gasteiger partial charge < -0.3 is 10.8 Å². The minimum Gasteiger partial charge on any atom is -0.480 e. The summed E-state index contributed by atoms with van der Waals surface area (Å²) in [6.45, 7) is 0. The molecular formula is C10H10BrNO2. The maximum atomic E-state index is 10.9. The minimum absolute atomic E-state index is 0.414. The van der Waals surface area contributed by atoms with E-state index >= 15 is 0 Å². The summed E-state index contributed by atoms with van der Waals surface area (Å²) >= 11 is 3.35. The van der Waals surface area contributed by atoms with Crippen molar-refractivity contribution in [2.24, 2.45) is 5.73 Å². The maximum Gasteiger partial charge on any atom is 0.324 e. The summed E-state index contributed by atoms with van der Waals surface area (Å²) < 4.78 is 0.964. The standard InChI is InChI=1S/C10H10BrNO2/c11-8-2-1-6-4-10(12,9(13)14)5-7(6)3-8/h1-3H,4-5,12H2,(H,13,14). The second-order valence-electron chi connectivity index (χ2n) is 3.73. The maximum absolute atomic E-state index is 10.9. The first-order valence-corrected chi connectivity index (χ1v) is 5.10. The third kappa shape index (κ3) is 1.44. The molecule has 0 bridgehead atoms. The molecule has 1 aliphatic carbocycles. The van der Waals surface area contributed by atoms with Crippen LogP contribution in [0.25, 0.3) is 0 Å². The molecule has 74 valence electrons. The predicted octanol–water partition coefficient (Wildman–Crippen LogP) is 1.33. The van der Waals surface area contributed by atoms with Crippen molar-refractivity contribution < 1.29 is 9.90 Å². The van der Waals surface area contributed by atoms with E-state index < -0.39 is 11.5 Å². The lowest BCUT2D eigenvalue weighted by Crippen LogP contribution is -2.48. The van der Waals surface area contributed by atoms with Gasteiger partial charge in [0.05, 0.1) is 0 Å². The van der Waals surface area contributed by atoms with Crippen LogP contribution in [0, 0.1) is 0 Å². The fourth-order valence-corrected chi connectivity index (χ4v) is 2.23. The van der Waals surface area contributed by atoms with E-state index in [9.17, 15) is 4.79 Å². The van der Waals surface area contributed by atoms with Gasteiger partial charge in [-0.2, -0.15) is 0 Å². The number of halogens is 1. The number of carboxylic acids is 1. The molecule has 0 heterocycles. The molecule has 0 spiro atoms. The largest absolute Gasteiger partial charge is 0.480 e. The van der Waals surface area contributed by atoms with Crippen LogP contribution >= 0.6 is 15.9 Å². The molecule has 3 nitrogen and oxygen atoms in total. The van der Waals surface area contributed by atoms with Crippen molar-refractivity contribution in [3.05, 3.63) is 33.8 Å². The van der Waals surface area contributed by atoms with Gasteiger partial charge in [0.1, 0.15) is 5.54 Å². The molecule has 2 rings (SSSR count). The van der Waals surface area contributed by atoms with Crippen molar-refractivity contribution in [1.82, 2.24) is 0 Å². The highest BCUT2D eigenvalue weighted by Gasteiger charge is 2.40. The van der Waals surface area contributed by atoms with Crippen LogP contribution in [0.15, 0.2) is 22.7 Å². The van der Waals surface area contributed by atoms with Crippen LogP contribution in [0.2, 0.25) is 0 Å². The second-order valence-corrected chi connectivity index (χ2v) is 4.64. The number of benzene rings is 1. The molecule has 0 amide bonds. The molecule has 4 heteroatoms. The molecule has 0 aromatic heterocycles. The first-order chi connectivity index (χ1) is 6.51. The molecule has 14 heavy (non-hydrogen) atoms. The van der Waals surface area contributed by atoms with E-state index in [1.54, 1.807) is 0 Å². The molecule has 0 fully saturated rings. The molecular weight excluding hydrogens is 246 g/mol. The van der Waals surface area contributed by atoms with Gasteiger partial charge in [0.2, 0.25) is 0 Å². The van der Waals surface area contributed by atoms with Crippen molar-refractivity contribution in [3.63, 3.8) is 0 Å². The number of carboxylic acid groups (broad SMARTS) is 1. The molecule has 3 N–H and O–H groups in total. The molecule has 0 saturated carbocycles. The van der Waals surface area contributed by atoms with E-state index in [1.807, 2.05) is 18.2 Å². The summed E-state index contributed by atoms with van der Waals surface area (Å²) in [5.41, 5.74) is 6.75. The zero-order valence-corrected chi connectivity index (χ0v) is 9.04. The summed E-state index contributed by atoms with van der Waals surface area (Å²) in [6.07, 6.45) is 0.835. The van der Waals surface area contributed by atoms with Crippen molar-refractivity contribution >= 4 is 21.9 Å². The molecule has 1 aromatic carbocycles. The highest BCUT2D eigenvalue weighted by Crippen LogP contribution is 2.30. The van der Waals surface area contributed by atoms with Gasteiger partial charge in [0.25, 0.3) is 0 Å². The van der Waals surface area contributed by atoms with E-state index in [1.165, 1.54) is 0 Å². The van der Waals surface area contributed by atoms with Gasteiger partial charge in [0, 0.05) is 17.3 Å². The molecule has 1 unspecified atom stereocenters. The Hall–Kier alpha value is -0.870. The van der Waals surface area contributed by atoms with Crippen molar-refractivity contribution in [1.29, 1.82) is 0 Å². The quantitative estimate of drug-likeness (QED) is 0.796. The molecule has 0 radical (unpaired) electrons. The van der Waals surface area contributed by atoms with Crippen LogP contribution in [-0.2, 0) is 17.6 Å². The lowest BCUT2D eigenvalue weighted by Gasteiger charge is -2.16. The van der Waals surface area contributed by atoms with E-state index in [0.29, 0.717) is 12.8 Å². The monoisotopic (exact) mass is 255 g/mol. The molecule has 1 atom stereocenters. The molecule has 0 saturated heterocycles. The van der Waals surface area contributed by atoms with E-state index in [-0.39, 0.29) is 0 Å². The van der Waals surface area contributed by atoms with Gasteiger partial charge in [0.15, 0.2) is 0 Å². The van der Waals surface area contributed by atoms with E-state index in [0.717, 1.165) is 15.6 Å². The average molecular weight is 256 g/mol. The number of hydrogen-bond acceptors (Lipinski definition) is 2. The fourth-order valence-electron chi connectivity index (χ4n) is 1.82. The van der Waals surface area contributed by atoms with Crippen LogP contribution in [0.4, 0.5) is 0 Å². The Labute approximate surface area is 90.0 Å². The van der Waals surface area contributed by atoms with E-state index in [4.69, 9.17) is 10.8 Å². The Bertz CT molecular complexity index is 405. The Kier molecular flexibility index (Phi) is 2.12. The average Bonchev–Trinajstić information content (AvgIpc) is 2.42. The predicted molar refractivity (Wildman–Crippen MR) is 56.1 cm³/mol. The van der Waals surface area contributed by atoms with Crippen LogP contribution in [0.3, 0.4) is 0 Å². The third-order valence-corrected chi connectivity index (χ3v) is 3.10. The SMILES string of the molecule is NC1(C(=O)O)Cc2ccc(Br)cc2C1. The van der Waals surface area contributed by atoms with Gasteiger partial charge in [-0.25, -0.2) is 0 Å². The van der Waals surface area contributed by atoms with Crippen LogP contribution in [0.1, 0.15) is 11.1 Å². The lowest BCUT2D eigenvalue weighted by atomic mass is 9.98. The number of hydrogen-bond donors (Lipinski definition) is 2. The van der Waals surface area contributed by atoms with Crippen molar-refractivity contribution in [2.75, 3.05) is 0 Å². The smallest absolute Gasteiger partial charge is 0.324 e. The Morgan fingerprint density at radius 1 is 1.43 bits per heavy atom. The summed E-state index contributed by atoms with van der Waals surface area (Å²) in [6, 6.07) is 5.77. The van der Waals surface area contributed by atoms with Crippen molar-refractivity contribution in [3.8, 4) is 0 Å². The Morgan fingerprint density at radius 2 is 2.07 bits per heavy atom. The van der Waals surface area contributed by atoms with Crippen LogP contribution < -0.4 is 5.73 Å². The van der Waals surface area contributed by atoms with Gasteiger partial charge in [-0.3, -0.25) is 4.79 Å². The summed E-state index contributed by atoms with van der Waals surface area (Å²) in [4.78, 5) is 10.9. The number of carbonyl (C=O) groups is 1. The zero-order chi connectivity index (χ0) is 10.3. The van der Waals surface area contributed by atoms with Crippen LogP contribution in [-0.4, -0.2) is 16.6 Å². The molecule has 0 aliphatic heterocycles. The molecule has 1 aliphatic rings. The van der Waals surface area contributed by atoms with Gasteiger partial charge >= 0.3 is 5.97 Å². The first-order valence-electron chi connectivity index (χ1n) is 4.31. The highest BCUT2D eigenvalue weighted by molar-refractivity contribution is 9.10. The van der Waals surface area contributed by atoms with Gasteiger partial charge in [-0.05, 0) is 23.3 Å².